The summed E-state index contributed by atoms with van der Waals surface area (Å²) in [5, 5.41) is 4.13. The molecule has 0 radical (unpaired) electrons. The van der Waals surface area contributed by atoms with E-state index in [-0.39, 0.29) is 11.7 Å². The molecule has 20 heavy (non-hydrogen) atoms. The van der Waals surface area contributed by atoms with Crippen molar-refractivity contribution in [1.29, 1.82) is 0 Å². The van der Waals surface area contributed by atoms with E-state index in [1.54, 1.807) is 0 Å². The molecule has 114 valence electrons. The number of rotatable bonds is 9. The van der Waals surface area contributed by atoms with Crippen molar-refractivity contribution in [2.75, 3.05) is 25.1 Å². The van der Waals surface area contributed by atoms with Crippen LogP contribution in [-0.4, -0.2) is 33.5 Å². The summed E-state index contributed by atoms with van der Waals surface area (Å²) in [6.07, 6.45) is 3.84. The SMILES string of the molecule is CCCNCC(CCS(C)(=O)=O)Cc1ccccc1Cl. The maximum Gasteiger partial charge on any atom is 0.147 e. The highest BCUT2D eigenvalue weighted by molar-refractivity contribution is 7.90. The van der Waals surface area contributed by atoms with Crippen LogP contribution in [0.5, 0.6) is 0 Å². The van der Waals surface area contributed by atoms with Gasteiger partial charge in [-0.2, -0.15) is 0 Å². The van der Waals surface area contributed by atoms with Crippen LogP contribution in [0, 0.1) is 5.92 Å². The van der Waals surface area contributed by atoms with Crippen LogP contribution >= 0.6 is 11.6 Å². The first-order chi connectivity index (χ1) is 9.42. The van der Waals surface area contributed by atoms with E-state index in [4.69, 9.17) is 11.6 Å². The molecular weight excluding hydrogens is 294 g/mol. The number of nitrogens with one attached hydrogen (secondary N) is 1. The van der Waals surface area contributed by atoms with E-state index in [0.717, 1.165) is 36.5 Å². The second-order valence-corrected chi connectivity index (χ2v) is 7.95. The molecule has 1 aromatic rings. The van der Waals surface area contributed by atoms with Gasteiger partial charge in [0, 0.05) is 11.3 Å². The maximum atomic E-state index is 11.3. The van der Waals surface area contributed by atoms with Gasteiger partial charge in [0.15, 0.2) is 0 Å². The van der Waals surface area contributed by atoms with Crippen molar-refractivity contribution in [2.24, 2.45) is 5.92 Å². The van der Waals surface area contributed by atoms with Gasteiger partial charge in [-0.15, -0.1) is 0 Å². The van der Waals surface area contributed by atoms with Gasteiger partial charge < -0.3 is 5.32 Å². The molecule has 0 aliphatic carbocycles. The summed E-state index contributed by atoms with van der Waals surface area (Å²) in [5.41, 5.74) is 1.09. The molecule has 0 spiro atoms. The van der Waals surface area contributed by atoms with Gasteiger partial charge in [-0.05, 0) is 49.9 Å². The number of benzene rings is 1. The van der Waals surface area contributed by atoms with Crippen molar-refractivity contribution in [3.8, 4) is 0 Å². The zero-order valence-electron chi connectivity index (χ0n) is 12.2. The van der Waals surface area contributed by atoms with E-state index in [9.17, 15) is 8.42 Å². The van der Waals surface area contributed by atoms with E-state index >= 15 is 0 Å². The predicted molar refractivity (Wildman–Crippen MR) is 86.1 cm³/mol. The van der Waals surface area contributed by atoms with Crippen LogP contribution < -0.4 is 5.32 Å². The highest BCUT2D eigenvalue weighted by atomic mass is 35.5. The summed E-state index contributed by atoms with van der Waals surface area (Å²) < 4.78 is 22.7. The highest BCUT2D eigenvalue weighted by Crippen LogP contribution is 2.20. The fourth-order valence-corrected chi connectivity index (χ4v) is 3.09. The first-order valence-corrected chi connectivity index (χ1v) is 9.48. The van der Waals surface area contributed by atoms with E-state index in [1.807, 2.05) is 24.3 Å². The molecule has 0 saturated carbocycles. The van der Waals surface area contributed by atoms with Crippen molar-refractivity contribution >= 4 is 21.4 Å². The van der Waals surface area contributed by atoms with Crippen molar-refractivity contribution in [2.45, 2.75) is 26.2 Å². The van der Waals surface area contributed by atoms with Gasteiger partial charge in [0.05, 0.1) is 5.75 Å². The Morgan fingerprint density at radius 3 is 2.60 bits per heavy atom. The predicted octanol–water partition coefficient (Wildman–Crippen LogP) is 2.93. The van der Waals surface area contributed by atoms with E-state index in [2.05, 4.69) is 12.2 Å². The topological polar surface area (TPSA) is 46.2 Å². The molecule has 0 aromatic heterocycles. The van der Waals surface area contributed by atoms with Gasteiger partial charge in [0.1, 0.15) is 9.84 Å². The largest absolute Gasteiger partial charge is 0.316 e. The average molecular weight is 318 g/mol. The van der Waals surface area contributed by atoms with Crippen molar-refractivity contribution < 1.29 is 8.42 Å². The number of hydrogen-bond donors (Lipinski definition) is 1. The summed E-state index contributed by atoms with van der Waals surface area (Å²) in [4.78, 5) is 0. The minimum absolute atomic E-state index is 0.232. The first-order valence-electron chi connectivity index (χ1n) is 7.04. The number of sulfone groups is 1. The summed E-state index contributed by atoms with van der Waals surface area (Å²) >= 11 is 6.18. The molecule has 0 amide bonds. The molecule has 3 nitrogen and oxygen atoms in total. The standard InChI is InChI=1S/C15H24ClNO2S/c1-3-9-17-12-13(8-10-20(2,18)19)11-14-6-4-5-7-15(14)16/h4-7,13,17H,3,8-12H2,1-2H3. The molecule has 0 fully saturated rings. The normalized spacial score (nSPS) is 13.3. The molecule has 5 heteroatoms. The molecule has 0 bridgehead atoms. The zero-order chi connectivity index (χ0) is 15.0. The highest BCUT2D eigenvalue weighted by Gasteiger charge is 2.14. The van der Waals surface area contributed by atoms with Crippen LogP contribution in [0.1, 0.15) is 25.3 Å². The second-order valence-electron chi connectivity index (χ2n) is 5.28. The quantitative estimate of drug-likeness (QED) is 0.712. The maximum absolute atomic E-state index is 11.3. The van der Waals surface area contributed by atoms with Gasteiger partial charge in [0.2, 0.25) is 0 Å². The van der Waals surface area contributed by atoms with Crippen LogP contribution in [0.3, 0.4) is 0 Å². The Balaban J connectivity index is 2.64. The van der Waals surface area contributed by atoms with Crippen LogP contribution in [-0.2, 0) is 16.3 Å². The second kappa shape index (κ2) is 8.65. The number of halogens is 1. The van der Waals surface area contributed by atoms with Crippen molar-refractivity contribution in [3.63, 3.8) is 0 Å². The monoisotopic (exact) mass is 317 g/mol. The third-order valence-corrected chi connectivity index (χ3v) is 4.57. The Bertz CT molecular complexity index is 502. The molecule has 0 saturated heterocycles. The van der Waals surface area contributed by atoms with Crippen molar-refractivity contribution in [3.05, 3.63) is 34.9 Å². The van der Waals surface area contributed by atoms with E-state index < -0.39 is 9.84 Å². The fourth-order valence-electron chi connectivity index (χ4n) is 2.11. The van der Waals surface area contributed by atoms with Gasteiger partial charge in [-0.25, -0.2) is 8.42 Å². The fraction of sp³-hybridized carbons (Fsp3) is 0.600. The molecule has 0 aliphatic rings. The summed E-state index contributed by atoms with van der Waals surface area (Å²) in [6, 6.07) is 7.76. The molecule has 1 N–H and O–H groups in total. The summed E-state index contributed by atoms with van der Waals surface area (Å²) in [5.74, 6) is 0.520. The lowest BCUT2D eigenvalue weighted by molar-refractivity contribution is 0.459. The minimum Gasteiger partial charge on any atom is -0.316 e. The van der Waals surface area contributed by atoms with Crippen LogP contribution in [0.4, 0.5) is 0 Å². The van der Waals surface area contributed by atoms with E-state index in [0.29, 0.717) is 6.42 Å². The van der Waals surface area contributed by atoms with E-state index in [1.165, 1.54) is 6.26 Å². The Morgan fingerprint density at radius 1 is 1.30 bits per heavy atom. The molecule has 1 unspecified atom stereocenters. The Morgan fingerprint density at radius 2 is 2.00 bits per heavy atom. The third kappa shape index (κ3) is 7.27. The molecule has 0 heterocycles. The average Bonchev–Trinajstić information content (AvgIpc) is 2.37. The smallest absolute Gasteiger partial charge is 0.147 e. The lowest BCUT2D eigenvalue weighted by atomic mass is 9.96. The molecule has 1 aromatic carbocycles. The van der Waals surface area contributed by atoms with Crippen LogP contribution in [0.15, 0.2) is 24.3 Å². The van der Waals surface area contributed by atoms with Gasteiger partial charge in [-0.1, -0.05) is 36.7 Å². The molecule has 0 aliphatic heterocycles. The Labute approximate surface area is 127 Å². The lowest BCUT2D eigenvalue weighted by Crippen LogP contribution is -2.26. The third-order valence-electron chi connectivity index (χ3n) is 3.22. The Kier molecular flexibility index (Phi) is 7.56. The number of hydrogen-bond acceptors (Lipinski definition) is 3. The first kappa shape index (κ1) is 17.5. The molecular formula is C15H24ClNO2S. The van der Waals surface area contributed by atoms with Gasteiger partial charge >= 0.3 is 0 Å². The summed E-state index contributed by atoms with van der Waals surface area (Å²) in [6.45, 7) is 3.90. The van der Waals surface area contributed by atoms with Crippen LogP contribution in [0.2, 0.25) is 5.02 Å². The molecule has 1 rings (SSSR count). The lowest BCUT2D eigenvalue weighted by Gasteiger charge is -2.18. The Hall–Kier alpha value is -0.580. The molecule has 1 atom stereocenters. The van der Waals surface area contributed by atoms with Gasteiger partial charge in [0.25, 0.3) is 0 Å². The zero-order valence-corrected chi connectivity index (χ0v) is 13.8. The van der Waals surface area contributed by atoms with Crippen LogP contribution in [0.25, 0.3) is 0 Å². The summed E-state index contributed by atoms with van der Waals surface area (Å²) in [7, 11) is -2.91. The van der Waals surface area contributed by atoms with Crippen molar-refractivity contribution in [1.82, 2.24) is 5.32 Å². The minimum atomic E-state index is -2.91. The van der Waals surface area contributed by atoms with Gasteiger partial charge in [-0.3, -0.25) is 0 Å².